The molecule has 0 aliphatic carbocycles. The lowest BCUT2D eigenvalue weighted by molar-refractivity contribution is 0.0696. The second-order valence-corrected chi connectivity index (χ2v) is 6.75. The number of aromatic carboxylic acids is 1. The molecule has 1 aromatic carbocycles. The van der Waals surface area contributed by atoms with E-state index in [4.69, 9.17) is 10.2 Å². The van der Waals surface area contributed by atoms with Crippen LogP contribution in [-0.4, -0.2) is 37.8 Å². The molecule has 0 saturated heterocycles. The van der Waals surface area contributed by atoms with Gasteiger partial charge in [0.2, 0.25) is 10.0 Å². The van der Waals surface area contributed by atoms with Crippen molar-refractivity contribution in [2.24, 2.45) is 5.41 Å². The quantitative estimate of drug-likeness (QED) is 0.714. The standard InChI is InChI=1S/C12H17NO5S/c1-12(2,8-14)7-13-19(17,18)10-5-3-4-9(6-10)11(15)16/h3-6,13-14H,7-8H2,1-2H3,(H,15,16). The topological polar surface area (TPSA) is 104 Å². The predicted molar refractivity (Wildman–Crippen MR) is 69.5 cm³/mol. The zero-order chi connectivity index (χ0) is 14.7. The molecule has 19 heavy (non-hydrogen) atoms. The first-order valence-corrected chi connectivity index (χ1v) is 7.10. The molecule has 7 heteroatoms. The minimum atomic E-state index is -3.78. The first-order chi connectivity index (χ1) is 8.68. The lowest BCUT2D eigenvalue weighted by atomic mass is 9.96. The van der Waals surface area contributed by atoms with Gasteiger partial charge in [-0.1, -0.05) is 19.9 Å². The number of benzene rings is 1. The van der Waals surface area contributed by atoms with Gasteiger partial charge in [-0.3, -0.25) is 0 Å². The number of carboxylic acids is 1. The number of carboxylic acid groups (broad SMARTS) is 1. The summed E-state index contributed by atoms with van der Waals surface area (Å²) in [5, 5.41) is 17.9. The lowest BCUT2D eigenvalue weighted by Crippen LogP contribution is -2.36. The fourth-order valence-electron chi connectivity index (χ4n) is 1.23. The van der Waals surface area contributed by atoms with Crippen molar-refractivity contribution in [1.29, 1.82) is 0 Å². The maximum absolute atomic E-state index is 12.0. The lowest BCUT2D eigenvalue weighted by Gasteiger charge is -2.21. The van der Waals surface area contributed by atoms with Gasteiger partial charge in [-0.05, 0) is 18.2 Å². The Balaban J connectivity index is 2.95. The Morgan fingerprint density at radius 3 is 2.53 bits per heavy atom. The molecule has 0 aliphatic rings. The first-order valence-electron chi connectivity index (χ1n) is 5.62. The summed E-state index contributed by atoms with van der Waals surface area (Å²) in [7, 11) is -3.78. The summed E-state index contributed by atoms with van der Waals surface area (Å²) < 4.78 is 26.3. The van der Waals surface area contributed by atoms with E-state index in [2.05, 4.69) is 4.72 Å². The summed E-state index contributed by atoms with van der Waals surface area (Å²) in [6.07, 6.45) is 0. The maximum atomic E-state index is 12.0. The van der Waals surface area contributed by atoms with Gasteiger partial charge in [0.15, 0.2) is 0 Å². The van der Waals surface area contributed by atoms with Crippen molar-refractivity contribution in [1.82, 2.24) is 4.72 Å². The van der Waals surface area contributed by atoms with Gasteiger partial charge < -0.3 is 10.2 Å². The third-order valence-electron chi connectivity index (χ3n) is 2.56. The number of hydrogen-bond donors (Lipinski definition) is 3. The molecule has 0 heterocycles. The van der Waals surface area contributed by atoms with Crippen molar-refractivity contribution in [2.75, 3.05) is 13.2 Å². The second kappa shape index (κ2) is 5.68. The molecule has 0 radical (unpaired) electrons. The molecule has 106 valence electrons. The van der Waals surface area contributed by atoms with Gasteiger partial charge in [0.1, 0.15) is 0 Å². The summed E-state index contributed by atoms with van der Waals surface area (Å²) in [5.41, 5.74) is -0.679. The smallest absolute Gasteiger partial charge is 0.335 e. The van der Waals surface area contributed by atoms with Gasteiger partial charge >= 0.3 is 5.97 Å². The minimum Gasteiger partial charge on any atom is -0.478 e. The Kier molecular flexibility index (Phi) is 4.67. The van der Waals surface area contributed by atoms with E-state index in [9.17, 15) is 13.2 Å². The molecule has 0 saturated carbocycles. The fourth-order valence-corrected chi connectivity index (χ4v) is 2.51. The molecule has 6 nitrogen and oxygen atoms in total. The number of sulfonamides is 1. The summed E-state index contributed by atoms with van der Waals surface area (Å²) >= 11 is 0. The summed E-state index contributed by atoms with van der Waals surface area (Å²) in [6, 6.07) is 5.10. The van der Waals surface area contributed by atoms with E-state index in [1.807, 2.05) is 0 Å². The Labute approximate surface area is 112 Å². The normalized spacial score (nSPS) is 12.4. The number of hydrogen-bond acceptors (Lipinski definition) is 4. The van der Waals surface area contributed by atoms with E-state index in [1.54, 1.807) is 13.8 Å². The first kappa shape index (κ1) is 15.6. The van der Waals surface area contributed by atoms with Crippen molar-refractivity contribution in [3.8, 4) is 0 Å². The zero-order valence-corrected chi connectivity index (χ0v) is 11.6. The molecule has 0 fully saturated rings. The van der Waals surface area contributed by atoms with Crippen LogP contribution in [0.15, 0.2) is 29.2 Å². The molecule has 0 unspecified atom stereocenters. The molecule has 3 N–H and O–H groups in total. The van der Waals surface area contributed by atoms with Gasteiger partial charge in [-0.25, -0.2) is 17.9 Å². The number of rotatable bonds is 6. The van der Waals surface area contributed by atoms with Crippen LogP contribution in [0, 0.1) is 5.41 Å². The minimum absolute atomic E-state index is 0.0587. The molecule has 0 aromatic heterocycles. The van der Waals surface area contributed by atoms with Crippen LogP contribution in [-0.2, 0) is 10.0 Å². The van der Waals surface area contributed by atoms with Crippen LogP contribution in [0.5, 0.6) is 0 Å². The SMILES string of the molecule is CC(C)(CO)CNS(=O)(=O)c1cccc(C(=O)O)c1. The highest BCUT2D eigenvalue weighted by molar-refractivity contribution is 7.89. The fraction of sp³-hybridized carbons (Fsp3) is 0.417. The van der Waals surface area contributed by atoms with Gasteiger partial charge in [0.25, 0.3) is 0 Å². The van der Waals surface area contributed by atoms with Crippen LogP contribution in [0.1, 0.15) is 24.2 Å². The van der Waals surface area contributed by atoms with E-state index in [1.165, 1.54) is 18.2 Å². The third kappa shape index (κ3) is 4.30. The predicted octanol–water partition coefficient (Wildman–Crippen LogP) is 0.682. The molecule has 0 atom stereocenters. The molecule has 0 aliphatic heterocycles. The summed E-state index contributed by atoms with van der Waals surface area (Å²) in [6.45, 7) is 3.32. The second-order valence-electron chi connectivity index (χ2n) is 4.98. The van der Waals surface area contributed by atoms with Crippen LogP contribution >= 0.6 is 0 Å². The zero-order valence-electron chi connectivity index (χ0n) is 10.8. The van der Waals surface area contributed by atoms with Crippen molar-refractivity contribution < 1.29 is 23.4 Å². The Morgan fingerprint density at radius 2 is 2.00 bits per heavy atom. The highest BCUT2D eigenvalue weighted by atomic mass is 32.2. The largest absolute Gasteiger partial charge is 0.478 e. The average molecular weight is 287 g/mol. The van der Waals surface area contributed by atoms with Crippen LogP contribution in [0.3, 0.4) is 0 Å². The van der Waals surface area contributed by atoms with Gasteiger partial charge in [0, 0.05) is 18.6 Å². The van der Waals surface area contributed by atoms with Crippen molar-refractivity contribution in [3.63, 3.8) is 0 Å². The van der Waals surface area contributed by atoms with Crippen LogP contribution in [0.4, 0.5) is 0 Å². The summed E-state index contributed by atoms with van der Waals surface area (Å²) in [5.74, 6) is -1.19. The molecular weight excluding hydrogens is 270 g/mol. The van der Waals surface area contributed by atoms with Gasteiger partial charge in [-0.2, -0.15) is 0 Å². The van der Waals surface area contributed by atoms with E-state index >= 15 is 0 Å². The van der Waals surface area contributed by atoms with E-state index in [0.29, 0.717) is 0 Å². The highest BCUT2D eigenvalue weighted by Gasteiger charge is 2.22. The Morgan fingerprint density at radius 1 is 1.37 bits per heavy atom. The van der Waals surface area contributed by atoms with Crippen LogP contribution < -0.4 is 4.72 Å². The highest BCUT2D eigenvalue weighted by Crippen LogP contribution is 2.15. The number of aliphatic hydroxyl groups excluding tert-OH is 1. The van der Waals surface area contributed by atoms with E-state index in [0.717, 1.165) is 6.07 Å². The number of nitrogens with one attached hydrogen (secondary N) is 1. The molecule has 1 aromatic rings. The van der Waals surface area contributed by atoms with Gasteiger partial charge in [-0.15, -0.1) is 0 Å². The van der Waals surface area contributed by atoms with Crippen molar-refractivity contribution >= 4 is 16.0 Å². The van der Waals surface area contributed by atoms with Crippen LogP contribution in [0.25, 0.3) is 0 Å². The Bertz CT molecular complexity index is 565. The van der Waals surface area contributed by atoms with E-state index < -0.39 is 21.4 Å². The van der Waals surface area contributed by atoms with E-state index in [-0.39, 0.29) is 23.6 Å². The number of aliphatic hydroxyl groups is 1. The van der Waals surface area contributed by atoms with Crippen molar-refractivity contribution in [3.05, 3.63) is 29.8 Å². The molecule has 0 spiro atoms. The monoisotopic (exact) mass is 287 g/mol. The van der Waals surface area contributed by atoms with Crippen LogP contribution in [0.2, 0.25) is 0 Å². The molecule has 0 amide bonds. The van der Waals surface area contributed by atoms with Crippen molar-refractivity contribution in [2.45, 2.75) is 18.7 Å². The average Bonchev–Trinajstić information content (AvgIpc) is 2.37. The summed E-state index contributed by atoms with van der Waals surface area (Å²) in [4.78, 5) is 10.7. The molecule has 0 bridgehead atoms. The third-order valence-corrected chi connectivity index (χ3v) is 3.96. The molecular formula is C12H17NO5S. The maximum Gasteiger partial charge on any atom is 0.335 e. The van der Waals surface area contributed by atoms with Gasteiger partial charge in [0.05, 0.1) is 10.5 Å². The Hall–Kier alpha value is -1.44. The number of carbonyl (C=O) groups is 1. The molecule has 1 rings (SSSR count).